The number of fused-ring (bicyclic) bond motifs is 1. The van der Waals surface area contributed by atoms with Gasteiger partial charge in [-0.2, -0.15) is 0 Å². The average molecular weight is 389 g/mol. The van der Waals surface area contributed by atoms with Crippen molar-refractivity contribution in [2.45, 2.75) is 59.1 Å². The first-order valence-corrected chi connectivity index (χ1v) is 9.47. The van der Waals surface area contributed by atoms with Crippen molar-refractivity contribution >= 4 is 22.8 Å². The summed E-state index contributed by atoms with van der Waals surface area (Å²) >= 11 is 0. The van der Waals surface area contributed by atoms with Crippen molar-refractivity contribution in [3.8, 4) is 5.75 Å². The second kappa shape index (κ2) is 9.39. The fraction of sp³-hybridized carbons (Fsp3) is 0.476. The van der Waals surface area contributed by atoms with E-state index in [4.69, 9.17) is 9.15 Å². The molecule has 1 amide bonds. The summed E-state index contributed by atoms with van der Waals surface area (Å²) in [7, 11) is 0. The molecule has 0 saturated carbocycles. The van der Waals surface area contributed by atoms with Gasteiger partial charge in [0, 0.05) is 17.5 Å². The summed E-state index contributed by atoms with van der Waals surface area (Å²) in [5, 5.41) is 12.6. The Balaban J connectivity index is 2.15. The summed E-state index contributed by atoms with van der Waals surface area (Å²) in [6, 6.07) is 5.59. The largest absolute Gasteiger partial charge is 0.481 e. The summed E-state index contributed by atoms with van der Waals surface area (Å²) in [4.78, 5) is 35.4. The number of amides is 1. The predicted octanol–water partition coefficient (Wildman–Crippen LogP) is 3.13. The SMILES string of the molecule is CCCc1cc(=O)oc2cc(O[C@H](C)C(=O)N[C@@H](CC(C)C)C(=O)O)ccc12. The lowest BCUT2D eigenvalue weighted by molar-refractivity contribution is -0.143. The van der Waals surface area contributed by atoms with Crippen LogP contribution in [0.15, 0.2) is 33.5 Å². The smallest absolute Gasteiger partial charge is 0.336 e. The van der Waals surface area contributed by atoms with E-state index in [0.29, 0.717) is 17.8 Å². The molecule has 1 aromatic carbocycles. The molecule has 1 aromatic heterocycles. The van der Waals surface area contributed by atoms with Crippen LogP contribution in [0.25, 0.3) is 11.0 Å². The molecular weight excluding hydrogens is 362 g/mol. The van der Waals surface area contributed by atoms with Crippen molar-refractivity contribution in [1.29, 1.82) is 0 Å². The van der Waals surface area contributed by atoms with E-state index in [1.807, 2.05) is 20.8 Å². The van der Waals surface area contributed by atoms with Crippen molar-refractivity contribution in [2.24, 2.45) is 5.92 Å². The third kappa shape index (κ3) is 5.58. The molecule has 2 aromatic rings. The molecule has 0 radical (unpaired) electrons. The van der Waals surface area contributed by atoms with Crippen molar-refractivity contribution in [3.05, 3.63) is 40.2 Å². The first-order valence-electron chi connectivity index (χ1n) is 9.47. The molecule has 2 rings (SSSR count). The molecule has 0 saturated heterocycles. The van der Waals surface area contributed by atoms with E-state index in [1.54, 1.807) is 18.2 Å². The molecular formula is C21H27NO6. The Bertz CT molecular complexity index is 901. The highest BCUT2D eigenvalue weighted by Crippen LogP contribution is 2.24. The van der Waals surface area contributed by atoms with Crippen LogP contribution >= 0.6 is 0 Å². The quantitative estimate of drug-likeness (QED) is 0.638. The van der Waals surface area contributed by atoms with E-state index < -0.39 is 29.6 Å². The number of hydrogen-bond acceptors (Lipinski definition) is 5. The molecule has 2 N–H and O–H groups in total. The van der Waals surface area contributed by atoms with Gasteiger partial charge in [-0.25, -0.2) is 9.59 Å². The Kier molecular flexibility index (Phi) is 7.20. The van der Waals surface area contributed by atoms with Gasteiger partial charge in [0.2, 0.25) is 0 Å². The highest BCUT2D eigenvalue weighted by Gasteiger charge is 2.24. The van der Waals surface area contributed by atoms with Gasteiger partial charge in [-0.05, 0) is 43.4 Å². The average Bonchev–Trinajstić information content (AvgIpc) is 2.60. The topological polar surface area (TPSA) is 106 Å². The molecule has 0 aliphatic rings. The number of carboxylic acid groups (broad SMARTS) is 1. The van der Waals surface area contributed by atoms with Crippen molar-refractivity contribution < 1.29 is 23.8 Å². The number of rotatable bonds is 9. The van der Waals surface area contributed by atoms with Gasteiger partial charge in [-0.15, -0.1) is 0 Å². The number of carbonyl (C=O) groups is 2. The number of carbonyl (C=O) groups excluding carboxylic acids is 1. The van der Waals surface area contributed by atoms with Crippen LogP contribution < -0.4 is 15.7 Å². The third-order valence-electron chi connectivity index (χ3n) is 4.32. The van der Waals surface area contributed by atoms with Gasteiger partial charge in [-0.3, -0.25) is 4.79 Å². The van der Waals surface area contributed by atoms with Gasteiger partial charge in [0.15, 0.2) is 6.10 Å². The van der Waals surface area contributed by atoms with Crippen molar-refractivity contribution in [2.75, 3.05) is 0 Å². The number of benzene rings is 1. The number of carboxylic acids is 1. The van der Waals surface area contributed by atoms with Crippen LogP contribution in [0.1, 0.15) is 46.1 Å². The number of hydrogen-bond donors (Lipinski definition) is 2. The maximum Gasteiger partial charge on any atom is 0.336 e. The maximum absolute atomic E-state index is 12.3. The van der Waals surface area contributed by atoms with Crippen LogP contribution in [0.3, 0.4) is 0 Å². The zero-order valence-corrected chi connectivity index (χ0v) is 16.7. The van der Waals surface area contributed by atoms with E-state index in [1.165, 1.54) is 13.0 Å². The van der Waals surface area contributed by atoms with Crippen LogP contribution in [0.4, 0.5) is 0 Å². The maximum atomic E-state index is 12.3. The predicted molar refractivity (Wildman–Crippen MR) is 106 cm³/mol. The van der Waals surface area contributed by atoms with Gasteiger partial charge in [0.1, 0.15) is 17.4 Å². The van der Waals surface area contributed by atoms with Gasteiger partial charge < -0.3 is 19.6 Å². The third-order valence-corrected chi connectivity index (χ3v) is 4.32. The van der Waals surface area contributed by atoms with E-state index in [2.05, 4.69) is 5.32 Å². The molecule has 7 nitrogen and oxygen atoms in total. The molecule has 0 fully saturated rings. The van der Waals surface area contributed by atoms with Gasteiger partial charge in [0.05, 0.1) is 0 Å². The molecule has 1 heterocycles. The molecule has 0 spiro atoms. The summed E-state index contributed by atoms with van der Waals surface area (Å²) in [5.41, 5.74) is 0.866. The molecule has 2 atom stereocenters. The number of nitrogens with one attached hydrogen (secondary N) is 1. The standard InChI is InChI=1S/C21H27NO6/c1-5-6-14-10-19(23)28-18-11-15(7-8-16(14)18)27-13(4)20(24)22-17(21(25)26)9-12(2)3/h7-8,10-13,17H,5-6,9H2,1-4H3,(H,22,24)(H,25,26)/t13-,17+/m1/s1. The van der Waals surface area contributed by atoms with Crippen LogP contribution in [0.2, 0.25) is 0 Å². The van der Waals surface area contributed by atoms with Crippen LogP contribution in [0, 0.1) is 5.92 Å². The van der Waals surface area contributed by atoms with Crippen LogP contribution in [-0.2, 0) is 16.0 Å². The first-order chi connectivity index (χ1) is 13.2. The van der Waals surface area contributed by atoms with Gasteiger partial charge >= 0.3 is 11.6 Å². The van der Waals surface area contributed by atoms with E-state index in [-0.39, 0.29) is 5.92 Å². The van der Waals surface area contributed by atoms with Crippen LogP contribution in [0.5, 0.6) is 5.75 Å². The minimum atomic E-state index is -1.08. The van der Waals surface area contributed by atoms with Crippen LogP contribution in [-0.4, -0.2) is 29.1 Å². The lowest BCUT2D eigenvalue weighted by Gasteiger charge is -2.20. The Morgan fingerprint density at radius 3 is 2.54 bits per heavy atom. The highest BCUT2D eigenvalue weighted by molar-refractivity contribution is 5.86. The van der Waals surface area contributed by atoms with Crippen molar-refractivity contribution in [3.63, 3.8) is 0 Å². The molecule has 7 heteroatoms. The second-order valence-corrected chi connectivity index (χ2v) is 7.29. The minimum absolute atomic E-state index is 0.123. The molecule has 0 unspecified atom stereocenters. The van der Waals surface area contributed by atoms with Gasteiger partial charge in [0.25, 0.3) is 5.91 Å². The lowest BCUT2D eigenvalue weighted by Crippen LogP contribution is -2.46. The van der Waals surface area contributed by atoms with E-state index >= 15 is 0 Å². The number of aliphatic carboxylic acids is 1. The Morgan fingerprint density at radius 2 is 1.93 bits per heavy atom. The summed E-state index contributed by atoms with van der Waals surface area (Å²) in [6.45, 7) is 7.34. The zero-order valence-electron chi connectivity index (χ0n) is 16.7. The molecule has 0 bridgehead atoms. The number of aryl methyl sites for hydroxylation is 1. The molecule has 28 heavy (non-hydrogen) atoms. The Morgan fingerprint density at radius 1 is 1.21 bits per heavy atom. The Hall–Kier alpha value is -2.83. The van der Waals surface area contributed by atoms with Gasteiger partial charge in [-0.1, -0.05) is 27.2 Å². The molecule has 152 valence electrons. The summed E-state index contributed by atoms with van der Waals surface area (Å²) in [5.74, 6) is -1.11. The zero-order chi connectivity index (χ0) is 20.8. The molecule has 0 aliphatic carbocycles. The van der Waals surface area contributed by atoms with Crippen molar-refractivity contribution in [1.82, 2.24) is 5.32 Å². The van der Waals surface area contributed by atoms with E-state index in [9.17, 15) is 19.5 Å². The first kappa shape index (κ1) is 21.5. The molecule has 0 aliphatic heterocycles. The number of ether oxygens (including phenoxy) is 1. The summed E-state index contributed by atoms with van der Waals surface area (Å²) in [6.07, 6.45) is 1.08. The fourth-order valence-electron chi connectivity index (χ4n) is 3.00. The normalized spacial score (nSPS) is 13.3. The fourth-order valence-corrected chi connectivity index (χ4v) is 3.00. The lowest BCUT2D eigenvalue weighted by atomic mass is 10.0. The summed E-state index contributed by atoms with van der Waals surface area (Å²) < 4.78 is 10.9. The second-order valence-electron chi connectivity index (χ2n) is 7.29. The van der Waals surface area contributed by atoms with E-state index in [0.717, 1.165) is 23.8 Å². The minimum Gasteiger partial charge on any atom is -0.481 e. The highest BCUT2D eigenvalue weighted by atomic mass is 16.5. The Labute approximate surface area is 163 Å². The monoisotopic (exact) mass is 389 g/mol.